The standard InChI is InChI=1S/C9H19N3O3/c1-8(11,6(10)13)4-3-5-9(2,12)7(14)15/h3-5,11-12H2,1-2H3,(H2,10,13)(H,14,15). The van der Waals surface area contributed by atoms with Gasteiger partial charge in [-0.25, -0.2) is 0 Å². The molecule has 6 nitrogen and oxygen atoms in total. The Hall–Kier alpha value is -1.14. The Kier molecular flexibility index (Phi) is 4.24. The average Bonchev–Trinajstić information content (AvgIpc) is 2.02. The van der Waals surface area contributed by atoms with Crippen LogP contribution in [0.4, 0.5) is 0 Å². The van der Waals surface area contributed by atoms with Crippen molar-refractivity contribution >= 4 is 11.9 Å². The second kappa shape index (κ2) is 4.59. The highest BCUT2D eigenvalue weighted by molar-refractivity contribution is 5.83. The molecule has 2 unspecified atom stereocenters. The smallest absolute Gasteiger partial charge is 0.323 e. The van der Waals surface area contributed by atoms with Crippen molar-refractivity contribution in [1.29, 1.82) is 0 Å². The summed E-state index contributed by atoms with van der Waals surface area (Å²) in [6, 6.07) is 0. The fourth-order valence-electron chi connectivity index (χ4n) is 1.05. The second-order valence-electron chi connectivity index (χ2n) is 4.36. The van der Waals surface area contributed by atoms with Crippen molar-refractivity contribution in [1.82, 2.24) is 0 Å². The van der Waals surface area contributed by atoms with Gasteiger partial charge in [0.15, 0.2) is 0 Å². The molecule has 88 valence electrons. The molecule has 0 saturated carbocycles. The molecule has 6 heteroatoms. The molecular formula is C9H19N3O3. The predicted octanol–water partition coefficient (Wildman–Crippen LogP) is -0.839. The maximum absolute atomic E-state index is 10.9. The monoisotopic (exact) mass is 217 g/mol. The fourth-order valence-corrected chi connectivity index (χ4v) is 1.05. The highest BCUT2D eigenvalue weighted by atomic mass is 16.4. The maximum atomic E-state index is 10.9. The Morgan fingerprint density at radius 2 is 1.53 bits per heavy atom. The second-order valence-corrected chi connectivity index (χ2v) is 4.36. The van der Waals surface area contributed by atoms with E-state index in [0.29, 0.717) is 12.8 Å². The van der Waals surface area contributed by atoms with Crippen molar-refractivity contribution in [2.24, 2.45) is 17.2 Å². The number of carboxylic acids is 1. The largest absolute Gasteiger partial charge is 0.480 e. The van der Waals surface area contributed by atoms with Crippen LogP contribution in [0.5, 0.6) is 0 Å². The summed E-state index contributed by atoms with van der Waals surface area (Å²) >= 11 is 0. The molecule has 15 heavy (non-hydrogen) atoms. The SMILES string of the molecule is CC(N)(CCCC(C)(N)C(=O)O)C(N)=O. The topological polar surface area (TPSA) is 132 Å². The zero-order valence-corrected chi connectivity index (χ0v) is 9.12. The molecule has 2 atom stereocenters. The summed E-state index contributed by atoms with van der Waals surface area (Å²) in [6.07, 6.45) is 1.01. The van der Waals surface area contributed by atoms with E-state index in [1.165, 1.54) is 13.8 Å². The van der Waals surface area contributed by atoms with Crippen LogP contribution in [0.3, 0.4) is 0 Å². The molecule has 7 N–H and O–H groups in total. The lowest BCUT2D eigenvalue weighted by molar-refractivity contribution is -0.142. The number of hydrogen-bond donors (Lipinski definition) is 4. The molecule has 0 fully saturated rings. The van der Waals surface area contributed by atoms with Crippen molar-refractivity contribution in [2.75, 3.05) is 0 Å². The summed E-state index contributed by atoms with van der Waals surface area (Å²) in [7, 11) is 0. The lowest BCUT2D eigenvalue weighted by Gasteiger charge is -2.23. The minimum Gasteiger partial charge on any atom is -0.480 e. The number of primary amides is 1. The molecule has 1 amide bonds. The first-order valence-electron chi connectivity index (χ1n) is 4.70. The zero-order chi connectivity index (χ0) is 12.3. The third kappa shape index (κ3) is 4.26. The first kappa shape index (κ1) is 13.9. The minimum atomic E-state index is -1.28. The highest BCUT2D eigenvalue weighted by Gasteiger charge is 2.30. The van der Waals surface area contributed by atoms with Gasteiger partial charge < -0.3 is 22.3 Å². The Bertz CT molecular complexity index is 235. The highest BCUT2D eigenvalue weighted by Crippen LogP contribution is 2.16. The number of carboxylic acid groups (broad SMARTS) is 1. The Morgan fingerprint density at radius 3 is 1.87 bits per heavy atom. The van der Waals surface area contributed by atoms with Gasteiger partial charge in [-0.2, -0.15) is 0 Å². The van der Waals surface area contributed by atoms with Gasteiger partial charge in [-0.15, -0.1) is 0 Å². The average molecular weight is 217 g/mol. The van der Waals surface area contributed by atoms with Crippen LogP contribution in [-0.2, 0) is 9.59 Å². The first-order valence-corrected chi connectivity index (χ1v) is 4.70. The van der Waals surface area contributed by atoms with Crippen LogP contribution in [0.1, 0.15) is 33.1 Å². The molecule has 0 aliphatic carbocycles. The third-order valence-electron chi connectivity index (χ3n) is 2.44. The molecular weight excluding hydrogens is 198 g/mol. The van der Waals surface area contributed by atoms with Gasteiger partial charge in [0.2, 0.25) is 5.91 Å². The summed E-state index contributed by atoms with van der Waals surface area (Å²) in [5.41, 5.74) is 13.8. The third-order valence-corrected chi connectivity index (χ3v) is 2.44. The lowest BCUT2D eigenvalue weighted by atomic mass is 9.90. The summed E-state index contributed by atoms with van der Waals surface area (Å²) in [6.45, 7) is 2.94. The zero-order valence-electron chi connectivity index (χ0n) is 9.12. The molecule has 0 aromatic heterocycles. The molecule has 0 rings (SSSR count). The first-order chi connectivity index (χ1) is 6.59. The number of rotatable bonds is 6. The van der Waals surface area contributed by atoms with Crippen LogP contribution in [0.25, 0.3) is 0 Å². The molecule has 0 spiro atoms. The normalized spacial score (nSPS) is 18.9. The van der Waals surface area contributed by atoms with Crippen LogP contribution in [0.15, 0.2) is 0 Å². The van der Waals surface area contributed by atoms with Crippen molar-refractivity contribution in [3.63, 3.8) is 0 Å². The van der Waals surface area contributed by atoms with Gasteiger partial charge in [0, 0.05) is 0 Å². The van der Waals surface area contributed by atoms with Gasteiger partial charge in [0.1, 0.15) is 5.54 Å². The van der Waals surface area contributed by atoms with Crippen LogP contribution in [0, 0.1) is 0 Å². The van der Waals surface area contributed by atoms with E-state index in [0.717, 1.165) is 0 Å². The predicted molar refractivity (Wildman–Crippen MR) is 55.9 cm³/mol. The van der Waals surface area contributed by atoms with E-state index in [9.17, 15) is 9.59 Å². The molecule has 0 bridgehead atoms. The van der Waals surface area contributed by atoms with E-state index < -0.39 is 23.0 Å². The van der Waals surface area contributed by atoms with Crippen LogP contribution < -0.4 is 17.2 Å². The van der Waals surface area contributed by atoms with Gasteiger partial charge in [-0.1, -0.05) is 0 Å². The lowest BCUT2D eigenvalue weighted by Crippen LogP contribution is -2.50. The molecule has 0 saturated heterocycles. The molecule has 0 aromatic carbocycles. The molecule has 0 aromatic rings. The minimum absolute atomic E-state index is 0.252. The van der Waals surface area contributed by atoms with E-state index in [1.54, 1.807) is 0 Å². The summed E-state index contributed by atoms with van der Waals surface area (Å²) < 4.78 is 0. The van der Waals surface area contributed by atoms with E-state index in [2.05, 4.69) is 0 Å². The Labute approximate surface area is 88.8 Å². The fraction of sp³-hybridized carbons (Fsp3) is 0.778. The Balaban J connectivity index is 4.11. The van der Waals surface area contributed by atoms with Crippen LogP contribution >= 0.6 is 0 Å². The number of aliphatic carboxylic acids is 1. The van der Waals surface area contributed by atoms with Gasteiger partial charge in [-0.05, 0) is 33.1 Å². The van der Waals surface area contributed by atoms with Crippen molar-refractivity contribution in [3.05, 3.63) is 0 Å². The number of carbonyl (C=O) groups excluding carboxylic acids is 1. The Morgan fingerprint density at radius 1 is 1.13 bits per heavy atom. The quantitative estimate of drug-likeness (QED) is 0.460. The van der Waals surface area contributed by atoms with Crippen molar-refractivity contribution < 1.29 is 14.7 Å². The van der Waals surface area contributed by atoms with Crippen LogP contribution in [-0.4, -0.2) is 28.1 Å². The van der Waals surface area contributed by atoms with E-state index >= 15 is 0 Å². The van der Waals surface area contributed by atoms with E-state index in [1.807, 2.05) is 0 Å². The van der Waals surface area contributed by atoms with Gasteiger partial charge in [0.05, 0.1) is 5.54 Å². The molecule has 0 heterocycles. The molecule has 0 aliphatic heterocycles. The number of nitrogens with two attached hydrogens (primary N) is 3. The van der Waals surface area contributed by atoms with Crippen molar-refractivity contribution in [3.8, 4) is 0 Å². The molecule has 0 radical (unpaired) electrons. The number of amides is 1. The summed E-state index contributed by atoms with van der Waals surface area (Å²) in [5.74, 6) is -1.67. The summed E-state index contributed by atoms with van der Waals surface area (Å²) in [4.78, 5) is 21.5. The summed E-state index contributed by atoms with van der Waals surface area (Å²) in [5, 5.41) is 8.73. The van der Waals surface area contributed by atoms with Gasteiger partial charge >= 0.3 is 5.97 Å². The number of carbonyl (C=O) groups is 2. The maximum Gasteiger partial charge on any atom is 0.323 e. The van der Waals surface area contributed by atoms with Gasteiger partial charge in [0.25, 0.3) is 0 Å². The van der Waals surface area contributed by atoms with Crippen molar-refractivity contribution in [2.45, 2.75) is 44.2 Å². The van der Waals surface area contributed by atoms with E-state index in [-0.39, 0.29) is 6.42 Å². The number of hydrogen-bond acceptors (Lipinski definition) is 4. The molecule has 0 aliphatic rings. The van der Waals surface area contributed by atoms with Crippen LogP contribution in [0.2, 0.25) is 0 Å². The van der Waals surface area contributed by atoms with E-state index in [4.69, 9.17) is 22.3 Å². The van der Waals surface area contributed by atoms with Gasteiger partial charge in [-0.3, -0.25) is 9.59 Å².